The second-order valence-electron chi connectivity index (χ2n) is 4.55. The van der Waals surface area contributed by atoms with Gasteiger partial charge in [-0.3, -0.25) is 0 Å². The summed E-state index contributed by atoms with van der Waals surface area (Å²) in [5, 5.41) is 12.9. The Morgan fingerprint density at radius 1 is 1.30 bits per heavy atom. The monoisotopic (exact) mass is 284 g/mol. The van der Waals surface area contributed by atoms with E-state index in [2.05, 4.69) is 15.3 Å². The molecule has 0 amide bonds. The topological polar surface area (TPSA) is 79.7 Å². The zero-order chi connectivity index (χ0) is 14.8. The third-order valence-corrected chi connectivity index (χ3v) is 2.69. The Morgan fingerprint density at radius 3 is 2.60 bits per heavy atom. The van der Waals surface area contributed by atoms with Crippen molar-refractivity contribution in [1.82, 2.24) is 15.3 Å². The number of nitrogens with one attached hydrogen (secondary N) is 1. The summed E-state index contributed by atoms with van der Waals surface area (Å²) >= 11 is 0. The Balaban J connectivity index is 2.40. The Kier molecular flexibility index (Phi) is 8.05. The Bertz CT molecular complexity index is 361. The minimum absolute atomic E-state index is 0.297. The van der Waals surface area contributed by atoms with Crippen molar-refractivity contribution in [2.45, 2.75) is 12.6 Å². The SMILES string of the molecule is COCCNCc1cnc(N(C)CC(O)COC)nc1. The molecule has 2 N–H and O–H groups in total. The highest BCUT2D eigenvalue weighted by molar-refractivity contribution is 5.28. The number of rotatable bonds is 10. The summed E-state index contributed by atoms with van der Waals surface area (Å²) in [5.74, 6) is 0.584. The molecule has 0 spiro atoms. The van der Waals surface area contributed by atoms with Crippen LogP contribution in [0.25, 0.3) is 0 Å². The maximum atomic E-state index is 9.66. The molecule has 0 aliphatic rings. The quantitative estimate of drug-likeness (QED) is 0.569. The number of ether oxygens (including phenoxy) is 2. The molecule has 1 aromatic rings. The van der Waals surface area contributed by atoms with Gasteiger partial charge in [0.1, 0.15) is 0 Å². The van der Waals surface area contributed by atoms with Crippen LogP contribution in [0.3, 0.4) is 0 Å². The predicted octanol–water partition coefficient (Wildman–Crippen LogP) is -0.344. The molecule has 0 fully saturated rings. The van der Waals surface area contributed by atoms with Gasteiger partial charge >= 0.3 is 0 Å². The van der Waals surface area contributed by atoms with E-state index in [0.29, 0.717) is 32.3 Å². The maximum absolute atomic E-state index is 9.66. The van der Waals surface area contributed by atoms with Crippen molar-refractivity contribution < 1.29 is 14.6 Å². The molecule has 114 valence electrons. The number of aromatic nitrogens is 2. The van der Waals surface area contributed by atoms with Crippen LogP contribution in [0.2, 0.25) is 0 Å². The second kappa shape index (κ2) is 9.60. The third-order valence-electron chi connectivity index (χ3n) is 2.69. The van der Waals surface area contributed by atoms with Crippen LogP contribution >= 0.6 is 0 Å². The lowest BCUT2D eigenvalue weighted by Crippen LogP contribution is -2.33. The van der Waals surface area contributed by atoms with Crippen LogP contribution in [0, 0.1) is 0 Å². The van der Waals surface area contributed by atoms with Gasteiger partial charge in [0.05, 0.1) is 19.3 Å². The molecule has 0 aliphatic heterocycles. The standard InChI is InChI=1S/C13H24N4O3/c1-17(9-12(18)10-20-3)13-15-7-11(8-16-13)6-14-4-5-19-2/h7-8,12,14,18H,4-6,9-10H2,1-3H3. The average molecular weight is 284 g/mol. The highest BCUT2D eigenvalue weighted by Crippen LogP contribution is 2.05. The van der Waals surface area contributed by atoms with E-state index < -0.39 is 6.10 Å². The second-order valence-corrected chi connectivity index (χ2v) is 4.55. The van der Waals surface area contributed by atoms with E-state index in [4.69, 9.17) is 9.47 Å². The van der Waals surface area contributed by atoms with E-state index in [9.17, 15) is 5.11 Å². The molecule has 7 nitrogen and oxygen atoms in total. The Labute approximate surface area is 119 Å². The largest absolute Gasteiger partial charge is 0.389 e. The number of anilines is 1. The molecule has 0 aliphatic carbocycles. The summed E-state index contributed by atoms with van der Waals surface area (Å²) in [7, 11) is 5.07. The highest BCUT2D eigenvalue weighted by Gasteiger charge is 2.10. The van der Waals surface area contributed by atoms with Crippen LogP contribution in [0.4, 0.5) is 5.95 Å². The van der Waals surface area contributed by atoms with E-state index in [1.54, 1.807) is 31.5 Å². The van der Waals surface area contributed by atoms with Gasteiger partial charge in [0, 0.05) is 58.9 Å². The van der Waals surface area contributed by atoms with Crippen LogP contribution in [0.15, 0.2) is 12.4 Å². The van der Waals surface area contributed by atoms with E-state index >= 15 is 0 Å². The third kappa shape index (κ3) is 6.25. The van der Waals surface area contributed by atoms with Crippen molar-refractivity contribution in [3.63, 3.8) is 0 Å². The minimum Gasteiger partial charge on any atom is -0.389 e. The number of aliphatic hydroxyl groups is 1. The molecule has 1 unspecified atom stereocenters. The van der Waals surface area contributed by atoms with Crippen LogP contribution in [-0.2, 0) is 16.0 Å². The number of aliphatic hydroxyl groups excluding tert-OH is 1. The summed E-state index contributed by atoms with van der Waals surface area (Å²) < 4.78 is 9.84. The molecule has 7 heteroatoms. The van der Waals surface area contributed by atoms with Crippen molar-refractivity contribution in [2.24, 2.45) is 0 Å². The van der Waals surface area contributed by atoms with E-state index in [0.717, 1.165) is 12.1 Å². The molecule has 0 bridgehead atoms. The highest BCUT2D eigenvalue weighted by atomic mass is 16.5. The normalized spacial score (nSPS) is 12.4. The first-order valence-electron chi connectivity index (χ1n) is 6.56. The zero-order valence-electron chi connectivity index (χ0n) is 12.4. The fraction of sp³-hybridized carbons (Fsp3) is 0.692. The average Bonchev–Trinajstić information content (AvgIpc) is 2.44. The number of likely N-dealkylation sites (N-methyl/N-ethyl adjacent to an activating group) is 1. The molecule has 1 heterocycles. The summed E-state index contributed by atoms with van der Waals surface area (Å²) in [4.78, 5) is 10.4. The van der Waals surface area contributed by atoms with Crippen LogP contribution < -0.4 is 10.2 Å². The molecule has 1 aromatic heterocycles. The van der Waals surface area contributed by atoms with Gasteiger partial charge in [0.15, 0.2) is 0 Å². The van der Waals surface area contributed by atoms with Gasteiger partial charge in [-0.25, -0.2) is 9.97 Å². The molecular weight excluding hydrogens is 260 g/mol. The Morgan fingerprint density at radius 2 is 2.00 bits per heavy atom. The molecule has 0 saturated carbocycles. The lowest BCUT2D eigenvalue weighted by molar-refractivity contribution is 0.0693. The molecule has 0 radical (unpaired) electrons. The van der Waals surface area contributed by atoms with Gasteiger partial charge in [-0.05, 0) is 0 Å². The molecule has 20 heavy (non-hydrogen) atoms. The van der Waals surface area contributed by atoms with Crippen LogP contribution in [0.5, 0.6) is 0 Å². The van der Waals surface area contributed by atoms with Gasteiger partial charge in [-0.1, -0.05) is 0 Å². The first-order valence-corrected chi connectivity index (χ1v) is 6.56. The van der Waals surface area contributed by atoms with Crippen LogP contribution in [0.1, 0.15) is 5.56 Å². The van der Waals surface area contributed by atoms with E-state index in [1.165, 1.54) is 0 Å². The fourth-order valence-corrected chi connectivity index (χ4v) is 1.69. The van der Waals surface area contributed by atoms with Gasteiger partial charge in [-0.2, -0.15) is 0 Å². The molecule has 0 saturated heterocycles. The minimum atomic E-state index is -0.552. The first kappa shape index (κ1) is 16.8. The number of hydrogen-bond acceptors (Lipinski definition) is 7. The van der Waals surface area contributed by atoms with Crippen molar-refractivity contribution >= 4 is 5.95 Å². The Hall–Kier alpha value is -1.28. The lowest BCUT2D eigenvalue weighted by atomic mass is 10.3. The summed E-state index contributed by atoms with van der Waals surface area (Å²) in [6.45, 7) is 2.91. The number of nitrogens with zero attached hydrogens (tertiary/aromatic N) is 3. The smallest absolute Gasteiger partial charge is 0.225 e. The summed E-state index contributed by atoms with van der Waals surface area (Å²) in [6, 6.07) is 0. The van der Waals surface area contributed by atoms with E-state index in [1.807, 2.05) is 7.05 Å². The summed E-state index contributed by atoms with van der Waals surface area (Å²) in [6.07, 6.45) is 3.01. The first-order chi connectivity index (χ1) is 9.67. The fourth-order valence-electron chi connectivity index (χ4n) is 1.69. The van der Waals surface area contributed by atoms with Crippen molar-refractivity contribution in [2.75, 3.05) is 52.5 Å². The molecule has 1 atom stereocenters. The van der Waals surface area contributed by atoms with E-state index in [-0.39, 0.29) is 0 Å². The van der Waals surface area contributed by atoms with Crippen molar-refractivity contribution in [3.8, 4) is 0 Å². The van der Waals surface area contributed by atoms with Gasteiger partial charge in [0.2, 0.25) is 5.95 Å². The molecule has 0 aromatic carbocycles. The van der Waals surface area contributed by atoms with Crippen LogP contribution in [-0.4, -0.2) is 68.7 Å². The van der Waals surface area contributed by atoms with Gasteiger partial charge in [-0.15, -0.1) is 0 Å². The predicted molar refractivity (Wildman–Crippen MR) is 76.8 cm³/mol. The number of methoxy groups -OCH3 is 2. The van der Waals surface area contributed by atoms with Crippen molar-refractivity contribution in [3.05, 3.63) is 18.0 Å². The number of hydrogen-bond donors (Lipinski definition) is 2. The lowest BCUT2D eigenvalue weighted by Gasteiger charge is -2.20. The van der Waals surface area contributed by atoms with Crippen molar-refractivity contribution in [1.29, 1.82) is 0 Å². The zero-order valence-corrected chi connectivity index (χ0v) is 12.4. The molecule has 1 rings (SSSR count). The van der Waals surface area contributed by atoms with Gasteiger partial charge in [0.25, 0.3) is 0 Å². The molecular formula is C13H24N4O3. The maximum Gasteiger partial charge on any atom is 0.225 e. The van der Waals surface area contributed by atoms with Gasteiger partial charge < -0.3 is 24.8 Å². The summed E-state index contributed by atoms with van der Waals surface area (Å²) in [5.41, 5.74) is 1.01.